The van der Waals surface area contributed by atoms with E-state index in [1.807, 2.05) is 52.0 Å². The fraction of sp³-hybridized carbons (Fsp3) is 0.389. The van der Waals surface area contributed by atoms with Crippen molar-refractivity contribution in [2.45, 2.75) is 91.2 Å². The first kappa shape index (κ1) is 54.1. The molecule has 0 spiro atoms. The number of alkyl halides is 3. The van der Waals surface area contributed by atoms with Gasteiger partial charge in [0.25, 0.3) is 11.8 Å². The zero-order valence-electron chi connectivity index (χ0n) is 41.2. The van der Waals surface area contributed by atoms with Gasteiger partial charge in [-0.15, -0.1) is 11.3 Å². The molecule has 3 N–H and O–H groups in total. The number of benzene rings is 4. The molecule has 1 aliphatic carbocycles. The van der Waals surface area contributed by atoms with Gasteiger partial charge in [-0.05, 0) is 129 Å². The lowest BCUT2D eigenvalue weighted by Gasteiger charge is -2.33. The Morgan fingerprint density at radius 2 is 1.53 bits per heavy atom. The van der Waals surface area contributed by atoms with E-state index >= 15 is 0 Å². The summed E-state index contributed by atoms with van der Waals surface area (Å²) >= 11 is 7.19. The Morgan fingerprint density at radius 1 is 0.904 bits per heavy atom. The predicted molar refractivity (Wildman–Crippen MR) is 274 cm³/mol. The van der Waals surface area contributed by atoms with E-state index in [0.29, 0.717) is 42.4 Å². The number of amides is 3. The minimum absolute atomic E-state index is 0.0135. The number of aliphatic hydroxyl groups is 1. The molecule has 3 amide bonds. The van der Waals surface area contributed by atoms with Crippen molar-refractivity contribution in [2.24, 2.45) is 17.3 Å². The second kappa shape index (κ2) is 22.6. The number of aromatic nitrogens is 1. The number of nitrogens with zero attached hydrogens (tertiary/aromatic N) is 4. The summed E-state index contributed by atoms with van der Waals surface area (Å²) in [5.41, 5.74) is 1.78. The van der Waals surface area contributed by atoms with E-state index in [9.17, 15) is 42.7 Å². The van der Waals surface area contributed by atoms with Crippen LogP contribution in [0.15, 0.2) is 96.5 Å². The van der Waals surface area contributed by atoms with Gasteiger partial charge in [0.05, 0.1) is 70.2 Å². The summed E-state index contributed by atoms with van der Waals surface area (Å²) in [6, 6.07) is 24.8. The number of aliphatic hydroxyl groups excluding tert-OH is 1. The molecule has 5 aromatic rings. The molecular weight excluding hydrogens is 982 g/mol. The first-order valence-electron chi connectivity index (χ1n) is 23.7. The SMILES string of the molecule is Cc1ncsc1-c1ccc(CNC(=O)[C@@H]2C[C@@H](O)CC2C(=O)[C@@H](NC(=O)c2ccc(OCCOCCCOc3ccc(N4C(=S)N(c5ccc(C#N)c(C(F)(F)F)c5)C(=O)C4(C)C)cc3)cc2)C(C)(C)C)cc1. The Kier molecular flexibility index (Phi) is 16.7. The zero-order valence-corrected chi connectivity index (χ0v) is 42.9. The first-order chi connectivity index (χ1) is 34.6. The van der Waals surface area contributed by atoms with Gasteiger partial charge in [0, 0.05) is 36.7 Å². The molecule has 19 heteroatoms. The number of ether oxygens (including phenoxy) is 3. The second-order valence-corrected chi connectivity index (χ2v) is 20.8. The average Bonchev–Trinajstić information content (AvgIpc) is 4.02. The molecule has 1 aromatic heterocycles. The van der Waals surface area contributed by atoms with Crippen LogP contribution in [0.25, 0.3) is 10.4 Å². The van der Waals surface area contributed by atoms with E-state index < -0.39 is 64.1 Å². The lowest BCUT2D eigenvalue weighted by Crippen LogP contribution is -2.52. The average molecular weight is 1040 g/mol. The third kappa shape index (κ3) is 12.6. The number of hydrogen-bond acceptors (Lipinski definition) is 12. The van der Waals surface area contributed by atoms with Crippen LogP contribution in [0.4, 0.5) is 24.5 Å². The number of rotatable bonds is 19. The third-order valence-corrected chi connectivity index (χ3v) is 14.2. The van der Waals surface area contributed by atoms with Gasteiger partial charge in [-0.25, -0.2) is 4.98 Å². The number of nitrogens with one attached hydrogen (secondary N) is 2. The topological polar surface area (TPSA) is 183 Å². The lowest BCUT2D eigenvalue weighted by atomic mass is 9.77. The van der Waals surface area contributed by atoms with E-state index in [1.165, 1.54) is 6.07 Å². The molecule has 4 atom stereocenters. The molecule has 0 bridgehead atoms. The van der Waals surface area contributed by atoms with E-state index in [4.69, 9.17) is 26.4 Å². The number of anilines is 2. The molecule has 4 aromatic carbocycles. The molecule has 7 rings (SSSR count). The van der Waals surface area contributed by atoms with Gasteiger partial charge in [-0.1, -0.05) is 45.0 Å². The Morgan fingerprint density at radius 3 is 2.15 bits per heavy atom. The highest BCUT2D eigenvalue weighted by Crippen LogP contribution is 2.41. The van der Waals surface area contributed by atoms with Crippen molar-refractivity contribution in [3.8, 4) is 28.0 Å². The second-order valence-electron chi connectivity index (χ2n) is 19.5. The van der Waals surface area contributed by atoms with Crippen LogP contribution in [0.2, 0.25) is 0 Å². The smallest absolute Gasteiger partial charge is 0.417 e. The van der Waals surface area contributed by atoms with Crippen molar-refractivity contribution in [1.29, 1.82) is 5.26 Å². The minimum Gasteiger partial charge on any atom is -0.494 e. The van der Waals surface area contributed by atoms with Crippen LogP contribution < -0.4 is 29.9 Å². The highest BCUT2D eigenvalue weighted by Gasteiger charge is 2.51. The molecule has 2 heterocycles. The molecule has 0 radical (unpaired) electrons. The third-order valence-electron chi connectivity index (χ3n) is 12.9. The van der Waals surface area contributed by atoms with Gasteiger partial charge in [0.1, 0.15) is 23.6 Å². The van der Waals surface area contributed by atoms with Crippen LogP contribution in [0.5, 0.6) is 11.5 Å². The molecule has 1 saturated heterocycles. The van der Waals surface area contributed by atoms with E-state index in [2.05, 4.69) is 15.6 Å². The number of hydrogen-bond donors (Lipinski definition) is 3. The molecule has 1 aliphatic heterocycles. The normalized spacial score (nSPS) is 18.1. The number of nitriles is 1. The van der Waals surface area contributed by atoms with E-state index in [-0.39, 0.29) is 55.1 Å². The number of ketones is 1. The number of halogens is 3. The molecule has 73 heavy (non-hydrogen) atoms. The maximum atomic E-state index is 14.2. The van der Waals surface area contributed by atoms with Crippen molar-refractivity contribution < 1.29 is 51.7 Å². The molecular formula is C54H57F3N6O8S2. The van der Waals surface area contributed by atoms with Gasteiger partial charge >= 0.3 is 6.18 Å². The van der Waals surface area contributed by atoms with Crippen LogP contribution in [-0.2, 0) is 31.8 Å². The van der Waals surface area contributed by atoms with E-state index in [1.54, 1.807) is 90.2 Å². The molecule has 2 fully saturated rings. The quantitative estimate of drug-likeness (QED) is 0.0528. The van der Waals surface area contributed by atoms with Gasteiger partial charge < -0.3 is 34.9 Å². The van der Waals surface area contributed by atoms with Crippen LogP contribution in [0, 0.1) is 35.5 Å². The predicted octanol–water partition coefficient (Wildman–Crippen LogP) is 9.21. The van der Waals surface area contributed by atoms with Gasteiger partial charge in [-0.2, -0.15) is 18.4 Å². The number of Topliss-reactive ketones (excluding diaryl/α,β-unsaturated/α-hetero) is 1. The summed E-state index contributed by atoms with van der Waals surface area (Å²) in [4.78, 5) is 62.9. The Balaban J connectivity index is 0.828. The van der Waals surface area contributed by atoms with Gasteiger partial charge in [0.2, 0.25) is 5.91 Å². The van der Waals surface area contributed by atoms with Crippen LogP contribution in [0.3, 0.4) is 0 Å². The van der Waals surface area contributed by atoms with Gasteiger partial charge in [0.15, 0.2) is 10.9 Å². The molecule has 1 saturated carbocycles. The Labute approximate surface area is 431 Å². The lowest BCUT2D eigenvalue weighted by molar-refractivity contribution is -0.137. The first-order valence-corrected chi connectivity index (χ1v) is 25.0. The molecule has 1 unspecified atom stereocenters. The van der Waals surface area contributed by atoms with Crippen molar-refractivity contribution in [2.75, 3.05) is 36.2 Å². The summed E-state index contributed by atoms with van der Waals surface area (Å²) in [5.74, 6) is -2.10. The van der Waals surface area contributed by atoms with Crippen molar-refractivity contribution in [3.63, 3.8) is 0 Å². The van der Waals surface area contributed by atoms with Crippen LogP contribution >= 0.6 is 23.6 Å². The summed E-state index contributed by atoms with van der Waals surface area (Å²) in [7, 11) is 0. The number of carbonyl (C=O) groups excluding carboxylic acids is 4. The highest BCUT2D eigenvalue weighted by atomic mass is 32.1. The minimum atomic E-state index is -4.81. The molecule has 14 nitrogen and oxygen atoms in total. The Hall–Kier alpha value is -6.72. The zero-order chi connectivity index (χ0) is 52.8. The summed E-state index contributed by atoms with van der Waals surface area (Å²) < 4.78 is 58.6. The van der Waals surface area contributed by atoms with Crippen molar-refractivity contribution >= 4 is 63.5 Å². The van der Waals surface area contributed by atoms with Crippen molar-refractivity contribution in [3.05, 3.63) is 124 Å². The van der Waals surface area contributed by atoms with Crippen LogP contribution in [-0.4, -0.2) is 82.8 Å². The summed E-state index contributed by atoms with van der Waals surface area (Å²) in [5, 5.41) is 25.7. The highest BCUT2D eigenvalue weighted by molar-refractivity contribution is 7.81. The maximum absolute atomic E-state index is 14.2. The Bertz CT molecular complexity index is 2860. The number of thiocarbonyl (C=S) groups is 1. The van der Waals surface area contributed by atoms with Crippen LogP contribution in [0.1, 0.15) is 86.6 Å². The fourth-order valence-electron chi connectivity index (χ4n) is 8.96. The molecule has 384 valence electrons. The summed E-state index contributed by atoms with van der Waals surface area (Å²) in [6.07, 6.45) is -4.81. The maximum Gasteiger partial charge on any atom is 0.417 e. The standard InChI is InChI=1S/C54H57F3N6O8S2/c1-32-46(73-31-60-32)34-10-8-33(9-11-34)30-59-49(67)43-28-39(64)27-42(43)45(65)47(52(2,3)4)61-48(66)35-13-18-40(19-14-35)71-25-24-69-22-7-23-70-41-20-16-37(17-21-41)63-51(72)62(50(68)53(63,5)6)38-15-12-36(29-58)44(26-38)54(55,56)57/h8-21,26,31,39,42-43,47,64H,7,22-25,27-28,30H2,1-6H3,(H,59,67)(H,61,66)/t39-,42?,43+,47+/m0/s1. The van der Waals surface area contributed by atoms with E-state index in [0.717, 1.165) is 38.7 Å². The summed E-state index contributed by atoms with van der Waals surface area (Å²) in [6.45, 7) is 12.2. The fourth-order valence-corrected chi connectivity index (χ4v) is 10.3. The molecule has 2 aliphatic rings. The largest absolute Gasteiger partial charge is 0.494 e. The monoisotopic (exact) mass is 1040 g/mol. The number of aryl methyl sites for hydroxylation is 1. The van der Waals surface area contributed by atoms with Crippen molar-refractivity contribution in [1.82, 2.24) is 15.6 Å². The number of thiazole rings is 1. The van der Waals surface area contributed by atoms with Gasteiger partial charge in [-0.3, -0.25) is 24.1 Å². The number of carbonyl (C=O) groups is 4.